The van der Waals surface area contributed by atoms with E-state index in [-0.39, 0.29) is 41.5 Å². The number of halogens is 4. The summed E-state index contributed by atoms with van der Waals surface area (Å²) >= 11 is 0. The second-order valence-electron chi connectivity index (χ2n) is 7.55. The van der Waals surface area contributed by atoms with Gasteiger partial charge < -0.3 is 15.0 Å². The van der Waals surface area contributed by atoms with Crippen molar-refractivity contribution in [2.24, 2.45) is 0 Å². The monoisotopic (exact) mass is 460 g/mol. The van der Waals surface area contributed by atoms with E-state index in [1.807, 2.05) is 0 Å². The molecule has 1 heterocycles. The number of nitrogens with one attached hydrogen (secondary N) is 1. The Morgan fingerprint density at radius 1 is 1.00 bits per heavy atom. The molecule has 0 saturated carbocycles. The number of carbonyl (C=O) groups excluding carboxylic acids is 1. The minimum atomic E-state index is -4.45. The highest BCUT2D eigenvalue weighted by molar-refractivity contribution is 6.06. The number of carboxylic acids is 1. The predicted octanol–water partition coefficient (Wildman–Crippen LogP) is 5.51. The lowest BCUT2D eigenvalue weighted by molar-refractivity contribution is -0.138. The summed E-state index contributed by atoms with van der Waals surface area (Å²) in [5.41, 5.74) is 0.730. The molecule has 0 aliphatic heterocycles. The fourth-order valence-corrected chi connectivity index (χ4v) is 3.45. The van der Waals surface area contributed by atoms with Gasteiger partial charge in [0.15, 0.2) is 0 Å². The van der Waals surface area contributed by atoms with Gasteiger partial charge in [0.25, 0.3) is 5.91 Å². The van der Waals surface area contributed by atoms with Crippen LogP contribution in [0.25, 0.3) is 10.9 Å². The molecule has 0 fully saturated rings. The molecule has 9 heteroatoms. The summed E-state index contributed by atoms with van der Waals surface area (Å²) in [5, 5.41) is 11.6. The fourth-order valence-electron chi connectivity index (χ4n) is 3.45. The molecule has 5 nitrogen and oxygen atoms in total. The molecular weight excluding hydrogens is 440 g/mol. The van der Waals surface area contributed by atoms with Crippen LogP contribution in [0.4, 0.5) is 17.6 Å². The van der Waals surface area contributed by atoms with Crippen LogP contribution < -0.4 is 5.32 Å². The maximum absolute atomic E-state index is 14.4. The molecule has 0 radical (unpaired) electrons. The first-order chi connectivity index (χ1) is 15.5. The van der Waals surface area contributed by atoms with Crippen LogP contribution in [-0.4, -0.2) is 21.6 Å². The van der Waals surface area contributed by atoms with Crippen molar-refractivity contribution in [1.29, 1.82) is 0 Å². The molecule has 0 unspecified atom stereocenters. The lowest BCUT2D eigenvalue weighted by atomic mass is 10.1. The minimum absolute atomic E-state index is 0.0644. The molecule has 0 saturated heterocycles. The number of fused-ring (bicyclic) bond motifs is 1. The maximum atomic E-state index is 14.4. The Morgan fingerprint density at radius 2 is 1.67 bits per heavy atom. The van der Waals surface area contributed by atoms with E-state index < -0.39 is 29.4 Å². The van der Waals surface area contributed by atoms with E-state index in [1.54, 1.807) is 10.8 Å². The SMILES string of the molecule is C=C(CC(=C)NC(=O)c1ccc(F)c2ccn(Cc3ccc(C(F)(F)F)cc3)c12)CC(=O)O. The topological polar surface area (TPSA) is 71.3 Å². The number of allylic oxidation sites excluding steroid dienone is 1. The van der Waals surface area contributed by atoms with Crippen molar-refractivity contribution in [2.45, 2.75) is 25.6 Å². The number of aromatic nitrogens is 1. The molecule has 1 aromatic heterocycles. The Hall–Kier alpha value is -3.88. The highest BCUT2D eigenvalue weighted by Crippen LogP contribution is 2.30. The van der Waals surface area contributed by atoms with Gasteiger partial charge in [0, 0.05) is 30.2 Å². The number of aliphatic carboxylic acids is 1. The Kier molecular flexibility index (Phi) is 6.71. The highest BCUT2D eigenvalue weighted by Gasteiger charge is 2.30. The van der Waals surface area contributed by atoms with Crippen molar-refractivity contribution in [3.63, 3.8) is 0 Å². The van der Waals surface area contributed by atoms with Crippen LogP contribution in [-0.2, 0) is 17.5 Å². The zero-order valence-corrected chi connectivity index (χ0v) is 17.4. The van der Waals surface area contributed by atoms with Gasteiger partial charge in [-0.3, -0.25) is 9.59 Å². The van der Waals surface area contributed by atoms with Gasteiger partial charge in [0.1, 0.15) is 5.82 Å². The van der Waals surface area contributed by atoms with E-state index in [0.29, 0.717) is 11.1 Å². The lowest BCUT2D eigenvalue weighted by Crippen LogP contribution is -2.23. The molecule has 0 spiro atoms. The maximum Gasteiger partial charge on any atom is 0.416 e. The van der Waals surface area contributed by atoms with E-state index in [2.05, 4.69) is 18.5 Å². The van der Waals surface area contributed by atoms with Gasteiger partial charge in [0.05, 0.1) is 23.1 Å². The second-order valence-corrected chi connectivity index (χ2v) is 7.55. The van der Waals surface area contributed by atoms with Gasteiger partial charge in [-0.2, -0.15) is 13.2 Å². The molecule has 1 amide bonds. The van der Waals surface area contributed by atoms with Gasteiger partial charge in [-0.1, -0.05) is 30.9 Å². The standard InChI is InChI=1S/C24H20F4N2O3/c1-14(12-21(31)32)11-15(2)29-23(33)19-7-8-20(25)18-9-10-30(22(18)19)13-16-3-5-17(6-4-16)24(26,27)28/h3-10H,1-2,11-13H2,(H,29,33)(H,31,32). The number of carboxylic acid groups (broad SMARTS) is 1. The van der Waals surface area contributed by atoms with Crippen molar-refractivity contribution in [1.82, 2.24) is 9.88 Å². The summed E-state index contributed by atoms with van der Waals surface area (Å²) in [6, 6.07) is 8.50. The van der Waals surface area contributed by atoms with Gasteiger partial charge in [-0.05, 0) is 35.9 Å². The highest BCUT2D eigenvalue weighted by atomic mass is 19.4. The Labute approximate surface area is 186 Å². The average molecular weight is 460 g/mol. The zero-order chi connectivity index (χ0) is 24.3. The van der Waals surface area contributed by atoms with Crippen molar-refractivity contribution in [2.75, 3.05) is 0 Å². The summed E-state index contributed by atoms with van der Waals surface area (Å²) in [6.07, 6.45) is -3.11. The van der Waals surface area contributed by atoms with Crippen LogP contribution in [0.2, 0.25) is 0 Å². The number of nitrogens with zero attached hydrogens (tertiary/aromatic N) is 1. The van der Waals surface area contributed by atoms with E-state index in [9.17, 15) is 27.2 Å². The Bertz CT molecular complexity index is 1240. The number of hydrogen-bond acceptors (Lipinski definition) is 2. The predicted molar refractivity (Wildman–Crippen MR) is 115 cm³/mol. The average Bonchev–Trinajstić information content (AvgIpc) is 3.11. The molecule has 0 aliphatic carbocycles. The molecule has 2 N–H and O–H groups in total. The minimum Gasteiger partial charge on any atom is -0.481 e. The smallest absolute Gasteiger partial charge is 0.416 e. The molecule has 172 valence electrons. The quantitative estimate of drug-likeness (QED) is 0.344. The largest absolute Gasteiger partial charge is 0.481 e. The van der Waals surface area contributed by atoms with Crippen molar-refractivity contribution in [3.05, 3.63) is 95.6 Å². The molecule has 0 atom stereocenters. The van der Waals surface area contributed by atoms with Gasteiger partial charge in [0.2, 0.25) is 0 Å². The number of carbonyl (C=O) groups is 2. The molecule has 2 aromatic carbocycles. The van der Waals surface area contributed by atoms with Gasteiger partial charge in [-0.15, -0.1) is 0 Å². The van der Waals surface area contributed by atoms with Crippen molar-refractivity contribution < 1.29 is 32.3 Å². The molecular formula is C24H20F4N2O3. The molecule has 0 bridgehead atoms. The van der Waals surface area contributed by atoms with E-state index in [0.717, 1.165) is 18.2 Å². The van der Waals surface area contributed by atoms with Crippen molar-refractivity contribution >= 4 is 22.8 Å². The van der Waals surface area contributed by atoms with Crippen LogP contribution in [0, 0.1) is 5.82 Å². The Morgan fingerprint density at radius 3 is 2.27 bits per heavy atom. The first-order valence-corrected chi connectivity index (χ1v) is 9.76. The molecule has 3 aromatic rings. The number of alkyl halides is 3. The zero-order valence-electron chi connectivity index (χ0n) is 17.4. The second kappa shape index (κ2) is 9.32. The summed E-state index contributed by atoms with van der Waals surface area (Å²) in [4.78, 5) is 23.6. The van der Waals surface area contributed by atoms with Crippen LogP contribution in [0.5, 0.6) is 0 Å². The first kappa shape index (κ1) is 23.8. The van der Waals surface area contributed by atoms with Gasteiger partial charge in [-0.25, -0.2) is 4.39 Å². The fraction of sp³-hybridized carbons (Fsp3) is 0.167. The summed E-state index contributed by atoms with van der Waals surface area (Å²) < 4.78 is 54.4. The third kappa shape index (κ3) is 5.68. The number of amides is 1. The molecule has 33 heavy (non-hydrogen) atoms. The van der Waals surface area contributed by atoms with E-state index >= 15 is 0 Å². The number of hydrogen-bond donors (Lipinski definition) is 2. The van der Waals surface area contributed by atoms with Crippen LogP contribution >= 0.6 is 0 Å². The molecule has 0 aliphatic rings. The first-order valence-electron chi connectivity index (χ1n) is 9.76. The van der Waals surface area contributed by atoms with Crippen LogP contribution in [0.3, 0.4) is 0 Å². The summed E-state index contributed by atoms with van der Waals surface area (Å²) in [6.45, 7) is 7.46. The van der Waals surface area contributed by atoms with Gasteiger partial charge >= 0.3 is 12.1 Å². The van der Waals surface area contributed by atoms with Crippen LogP contribution in [0.1, 0.15) is 34.3 Å². The van der Waals surface area contributed by atoms with E-state index in [4.69, 9.17) is 5.11 Å². The third-order valence-corrected chi connectivity index (χ3v) is 4.91. The lowest BCUT2D eigenvalue weighted by Gasteiger charge is -2.13. The van der Waals surface area contributed by atoms with Crippen LogP contribution in [0.15, 0.2) is 73.1 Å². The third-order valence-electron chi connectivity index (χ3n) is 4.91. The summed E-state index contributed by atoms with van der Waals surface area (Å²) in [5.74, 6) is -2.19. The van der Waals surface area contributed by atoms with E-state index in [1.165, 1.54) is 24.3 Å². The number of benzene rings is 2. The Balaban J connectivity index is 1.86. The normalized spacial score (nSPS) is 11.4. The summed E-state index contributed by atoms with van der Waals surface area (Å²) in [7, 11) is 0. The number of rotatable bonds is 8. The molecule has 3 rings (SSSR count). The van der Waals surface area contributed by atoms with Crippen molar-refractivity contribution in [3.8, 4) is 0 Å².